The number of hydrogen-bond donors (Lipinski definition) is 1. The third kappa shape index (κ3) is 4.05. The highest BCUT2D eigenvalue weighted by molar-refractivity contribution is 5.80. The van der Waals surface area contributed by atoms with Crippen LogP contribution in [0.5, 0.6) is 0 Å². The van der Waals surface area contributed by atoms with E-state index in [0.29, 0.717) is 11.7 Å². The molecule has 4 heterocycles. The minimum absolute atomic E-state index is 0.246. The summed E-state index contributed by atoms with van der Waals surface area (Å²) in [5.41, 5.74) is 4.10. The number of aromatic amines is 1. The van der Waals surface area contributed by atoms with E-state index >= 15 is 0 Å². The van der Waals surface area contributed by atoms with Crippen LogP contribution in [0.2, 0.25) is 0 Å². The average molecular weight is 394 g/mol. The number of benzene rings is 1. The minimum atomic E-state index is -0.246. The van der Waals surface area contributed by atoms with E-state index in [1.165, 1.54) is 37.1 Å². The van der Waals surface area contributed by atoms with Gasteiger partial charge in [-0.15, -0.1) is 0 Å². The van der Waals surface area contributed by atoms with Crippen molar-refractivity contribution in [2.45, 2.75) is 31.6 Å². The Bertz CT molecular complexity index is 957. The molecule has 5 rings (SSSR count). The SMILES string of the molecule is Fc1ccc(-c2ncc3[nH]cc(C4CCN(CC5CCOCC5)CC4)c3n2)cc1. The number of halogens is 1. The van der Waals surface area contributed by atoms with Crippen molar-refractivity contribution in [3.63, 3.8) is 0 Å². The Labute approximate surface area is 170 Å². The number of piperidine rings is 1. The zero-order chi connectivity index (χ0) is 19.6. The number of ether oxygens (including phenoxy) is 1. The van der Waals surface area contributed by atoms with Crippen molar-refractivity contribution >= 4 is 11.0 Å². The van der Waals surface area contributed by atoms with Crippen LogP contribution >= 0.6 is 0 Å². The molecule has 2 aliphatic heterocycles. The Kier molecular flexibility index (Phi) is 5.29. The maximum absolute atomic E-state index is 13.2. The number of nitrogens with one attached hydrogen (secondary N) is 1. The quantitative estimate of drug-likeness (QED) is 0.714. The van der Waals surface area contributed by atoms with Crippen molar-refractivity contribution in [1.82, 2.24) is 19.9 Å². The predicted molar refractivity (Wildman–Crippen MR) is 111 cm³/mol. The topological polar surface area (TPSA) is 54.0 Å². The van der Waals surface area contributed by atoms with E-state index in [-0.39, 0.29) is 5.82 Å². The lowest BCUT2D eigenvalue weighted by Crippen LogP contribution is -2.38. The van der Waals surface area contributed by atoms with Gasteiger partial charge in [0.1, 0.15) is 5.82 Å². The minimum Gasteiger partial charge on any atom is -0.381 e. The number of likely N-dealkylation sites (tertiary alicyclic amines) is 1. The number of nitrogens with zero attached hydrogens (tertiary/aromatic N) is 3. The van der Waals surface area contributed by atoms with Gasteiger partial charge in [-0.1, -0.05) is 0 Å². The summed E-state index contributed by atoms with van der Waals surface area (Å²) >= 11 is 0. The predicted octanol–water partition coefficient (Wildman–Crippen LogP) is 4.37. The van der Waals surface area contributed by atoms with Crippen molar-refractivity contribution in [3.8, 4) is 11.4 Å². The second kappa shape index (κ2) is 8.20. The van der Waals surface area contributed by atoms with Crippen molar-refractivity contribution in [2.75, 3.05) is 32.8 Å². The van der Waals surface area contributed by atoms with Gasteiger partial charge in [0.25, 0.3) is 0 Å². The molecule has 2 fully saturated rings. The molecule has 2 saturated heterocycles. The monoisotopic (exact) mass is 394 g/mol. The molecule has 0 unspecified atom stereocenters. The van der Waals surface area contributed by atoms with E-state index in [1.807, 2.05) is 6.20 Å². The number of rotatable bonds is 4. The van der Waals surface area contributed by atoms with Gasteiger partial charge in [-0.25, -0.2) is 14.4 Å². The molecular weight excluding hydrogens is 367 g/mol. The number of H-pyrrole nitrogens is 1. The Morgan fingerprint density at radius 1 is 1.07 bits per heavy atom. The highest BCUT2D eigenvalue weighted by Gasteiger charge is 2.26. The lowest BCUT2D eigenvalue weighted by Gasteiger charge is -2.35. The Morgan fingerprint density at radius 2 is 1.83 bits per heavy atom. The number of fused-ring (bicyclic) bond motifs is 1. The molecule has 1 N–H and O–H groups in total. The van der Waals surface area contributed by atoms with E-state index in [9.17, 15) is 4.39 Å². The lowest BCUT2D eigenvalue weighted by molar-refractivity contribution is 0.0488. The van der Waals surface area contributed by atoms with E-state index in [0.717, 1.165) is 61.7 Å². The fraction of sp³-hybridized carbons (Fsp3) is 0.478. The first-order valence-electron chi connectivity index (χ1n) is 10.7. The molecule has 0 radical (unpaired) electrons. The van der Waals surface area contributed by atoms with Crippen LogP contribution < -0.4 is 0 Å². The van der Waals surface area contributed by atoms with Gasteiger partial charge in [0, 0.05) is 31.5 Å². The summed E-state index contributed by atoms with van der Waals surface area (Å²) in [5, 5.41) is 0. The van der Waals surface area contributed by atoms with Crippen LogP contribution in [0.1, 0.15) is 37.2 Å². The highest BCUT2D eigenvalue weighted by Crippen LogP contribution is 2.33. The van der Waals surface area contributed by atoms with Gasteiger partial charge in [0.15, 0.2) is 5.82 Å². The van der Waals surface area contributed by atoms with Crippen LogP contribution in [0, 0.1) is 11.7 Å². The Hall–Kier alpha value is -2.31. The summed E-state index contributed by atoms with van der Waals surface area (Å²) in [7, 11) is 0. The second-order valence-corrected chi connectivity index (χ2v) is 8.34. The van der Waals surface area contributed by atoms with Gasteiger partial charge in [-0.2, -0.15) is 0 Å². The molecule has 0 atom stereocenters. The largest absolute Gasteiger partial charge is 0.381 e. The molecule has 0 saturated carbocycles. The summed E-state index contributed by atoms with van der Waals surface area (Å²) in [6.07, 6.45) is 8.66. The van der Waals surface area contributed by atoms with Crippen molar-refractivity contribution in [1.29, 1.82) is 0 Å². The fourth-order valence-electron chi connectivity index (χ4n) is 4.70. The second-order valence-electron chi connectivity index (χ2n) is 8.34. The average Bonchev–Trinajstić information content (AvgIpc) is 3.19. The van der Waals surface area contributed by atoms with Gasteiger partial charge >= 0.3 is 0 Å². The van der Waals surface area contributed by atoms with Gasteiger partial charge in [-0.05, 0) is 80.4 Å². The standard InChI is InChI=1S/C23H27FN4O/c24-19-3-1-18(2-4-19)23-26-14-21-22(27-23)20(13-25-21)17-5-9-28(10-6-17)15-16-7-11-29-12-8-16/h1-4,13-14,16-17,25H,5-12,15H2. The molecular formula is C23H27FN4O. The number of aromatic nitrogens is 3. The zero-order valence-electron chi connectivity index (χ0n) is 16.6. The Balaban J connectivity index is 1.30. The highest BCUT2D eigenvalue weighted by atomic mass is 19.1. The van der Waals surface area contributed by atoms with Crippen molar-refractivity contribution in [3.05, 3.63) is 48.0 Å². The summed E-state index contributed by atoms with van der Waals surface area (Å²) in [6.45, 7) is 5.34. The number of hydrogen-bond acceptors (Lipinski definition) is 4. The zero-order valence-corrected chi connectivity index (χ0v) is 16.6. The summed E-state index contributed by atoms with van der Waals surface area (Å²) in [5.74, 6) is 1.71. The first-order chi connectivity index (χ1) is 14.3. The maximum Gasteiger partial charge on any atom is 0.159 e. The maximum atomic E-state index is 13.2. The third-order valence-corrected chi connectivity index (χ3v) is 6.43. The molecule has 0 amide bonds. The first kappa shape index (κ1) is 18.7. The molecule has 5 nitrogen and oxygen atoms in total. The van der Waals surface area contributed by atoms with E-state index in [2.05, 4.69) is 21.1 Å². The molecule has 0 aliphatic carbocycles. The van der Waals surface area contributed by atoms with Crippen LogP contribution in [-0.4, -0.2) is 52.7 Å². The molecule has 0 bridgehead atoms. The van der Waals surface area contributed by atoms with E-state index in [4.69, 9.17) is 9.72 Å². The summed E-state index contributed by atoms with van der Waals surface area (Å²) < 4.78 is 18.7. The Morgan fingerprint density at radius 3 is 2.59 bits per heavy atom. The molecule has 1 aromatic carbocycles. The summed E-state index contributed by atoms with van der Waals surface area (Å²) in [6, 6.07) is 6.37. The normalized spacial score (nSPS) is 19.8. The smallest absolute Gasteiger partial charge is 0.159 e. The molecule has 3 aromatic rings. The van der Waals surface area contributed by atoms with Crippen LogP contribution in [0.3, 0.4) is 0 Å². The molecule has 2 aromatic heterocycles. The van der Waals surface area contributed by atoms with Crippen LogP contribution in [0.25, 0.3) is 22.4 Å². The molecule has 0 spiro atoms. The van der Waals surface area contributed by atoms with Crippen LogP contribution in [-0.2, 0) is 4.74 Å². The van der Waals surface area contributed by atoms with E-state index < -0.39 is 0 Å². The first-order valence-corrected chi connectivity index (χ1v) is 10.7. The molecule has 29 heavy (non-hydrogen) atoms. The lowest BCUT2D eigenvalue weighted by atomic mass is 9.89. The third-order valence-electron chi connectivity index (χ3n) is 6.43. The van der Waals surface area contributed by atoms with Crippen molar-refractivity contribution in [2.24, 2.45) is 5.92 Å². The molecule has 2 aliphatic rings. The molecule has 6 heteroatoms. The fourth-order valence-corrected chi connectivity index (χ4v) is 4.70. The molecule has 152 valence electrons. The van der Waals surface area contributed by atoms with E-state index in [1.54, 1.807) is 12.1 Å². The van der Waals surface area contributed by atoms with Crippen LogP contribution in [0.4, 0.5) is 4.39 Å². The van der Waals surface area contributed by atoms with Gasteiger partial charge in [-0.3, -0.25) is 0 Å². The van der Waals surface area contributed by atoms with Gasteiger partial charge < -0.3 is 14.6 Å². The van der Waals surface area contributed by atoms with Crippen LogP contribution in [0.15, 0.2) is 36.7 Å². The van der Waals surface area contributed by atoms with Crippen molar-refractivity contribution < 1.29 is 9.13 Å². The summed E-state index contributed by atoms with van der Waals surface area (Å²) in [4.78, 5) is 15.3. The van der Waals surface area contributed by atoms with Gasteiger partial charge in [0.05, 0.1) is 17.2 Å². The van der Waals surface area contributed by atoms with Gasteiger partial charge in [0.2, 0.25) is 0 Å².